The van der Waals surface area contributed by atoms with Gasteiger partial charge in [0.2, 0.25) is 0 Å². The van der Waals surface area contributed by atoms with Crippen molar-refractivity contribution in [3.8, 4) is 0 Å². The Balaban J connectivity index is 1.91. The predicted molar refractivity (Wildman–Crippen MR) is 78.2 cm³/mol. The predicted octanol–water partition coefficient (Wildman–Crippen LogP) is 2.80. The van der Waals surface area contributed by atoms with Crippen LogP contribution in [0.5, 0.6) is 0 Å². The Bertz CT molecular complexity index is 585. The Hall–Kier alpha value is -1.81. The molecule has 1 saturated carbocycles. The first-order valence-corrected chi connectivity index (χ1v) is 6.72. The fourth-order valence-electron chi connectivity index (χ4n) is 2.87. The summed E-state index contributed by atoms with van der Waals surface area (Å²) in [7, 11) is 1.78. The third kappa shape index (κ3) is 2.24. The normalized spacial score (nSPS) is 22.8. The lowest BCUT2D eigenvalue weighted by atomic mass is 10.1. The zero-order valence-corrected chi connectivity index (χ0v) is 11.1. The second-order valence-electron chi connectivity index (χ2n) is 5.05. The molecule has 4 nitrogen and oxygen atoms in total. The second-order valence-corrected chi connectivity index (χ2v) is 5.05. The number of ether oxygens (including phenoxy) is 1. The van der Waals surface area contributed by atoms with Gasteiger partial charge < -0.3 is 15.8 Å². The maximum Gasteiger partial charge on any atom is 0.0772 e. The highest BCUT2D eigenvalue weighted by molar-refractivity contribution is 5.96. The first kappa shape index (κ1) is 12.2. The number of pyridine rings is 1. The molecule has 1 aliphatic carbocycles. The van der Waals surface area contributed by atoms with Crippen LogP contribution < -0.4 is 11.1 Å². The number of aromatic nitrogens is 1. The van der Waals surface area contributed by atoms with Crippen LogP contribution in [0.15, 0.2) is 30.5 Å². The van der Waals surface area contributed by atoms with Crippen molar-refractivity contribution in [2.75, 3.05) is 18.2 Å². The van der Waals surface area contributed by atoms with E-state index in [1.807, 2.05) is 24.3 Å². The zero-order valence-electron chi connectivity index (χ0n) is 11.1. The van der Waals surface area contributed by atoms with Gasteiger partial charge in [-0.3, -0.25) is 4.98 Å². The quantitative estimate of drug-likeness (QED) is 0.830. The number of nitrogens with zero attached hydrogens (tertiary/aromatic N) is 1. The average molecular weight is 257 g/mol. The van der Waals surface area contributed by atoms with E-state index in [1.165, 1.54) is 6.42 Å². The summed E-state index contributed by atoms with van der Waals surface area (Å²) in [5.74, 6) is 0. The molecule has 1 fully saturated rings. The molecule has 0 aliphatic heterocycles. The van der Waals surface area contributed by atoms with Gasteiger partial charge in [-0.2, -0.15) is 0 Å². The van der Waals surface area contributed by atoms with Crippen LogP contribution >= 0.6 is 0 Å². The number of nitrogen functional groups attached to an aromatic ring is 1. The van der Waals surface area contributed by atoms with Gasteiger partial charge in [-0.25, -0.2) is 0 Å². The van der Waals surface area contributed by atoms with Gasteiger partial charge in [0, 0.05) is 18.7 Å². The van der Waals surface area contributed by atoms with Crippen LogP contribution in [0.1, 0.15) is 19.3 Å². The maximum atomic E-state index is 6.24. The van der Waals surface area contributed by atoms with Gasteiger partial charge in [-0.1, -0.05) is 0 Å². The minimum Gasteiger partial charge on any atom is -0.397 e. The number of rotatable bonds is 3. The first-order chi connectivity index (χ1) is 9.29. The summed E-state index contributed by atoms with van der Waals surface area (Å²) in [6, 6.07) is 8.28. The third-order valence-electron chi connectivity index (χ3n) is 3.92. The Kier molecular flexibility index (Phi) is 3.25. The summed E-state index contributed by atoms with van der Waals surface area (Å²) < 4.78 is 5.51. The van der Waals surface area contributed by atoms with Gasteiger partial charge in [0.05, 0.1) is 29.0 Å². The number of nitrogens with two attached hydrogens (primary N) is 1. The third-order valence-corrected chi connectivity index (χ3v) is 3.92. The molecular formula is C15H19N3O. The van der Waals surface area contributed by atoms with Crippen molar-refractivity contribution in [1.82, 2.24) is 4.98 Å². The fraction of sp³-hybridized carbons (Fsp3) is 0.400. The molecule has 0 amide bonds. The van der Waals surface area contributed by atoms with Crippen LogP contribution in [0.3, 0.4) is 0 Å². The van der Waals surface area contributed by atoms with Crippen molar-refractivity contribution in [3.05, 3.63) is 30.5 Å². The summed E-state index contributed by atoms with van der Waals surface area (Å²) in [6.45, 7) is 0. The number of nitrogens with one attached hydrogen (secondary N) is 1. The maximum absolute atomic E-state index is 6.24. The number of fused-ring (bicyclic) bond motifs is 1. The molecule has 2 aromatic rings. The monoisotopic (exact) mass is 257 g/mol. The molecule has 0 spiro atoms. The van der Waals surface area contributed by atoms with E-state index < -0.39 is 0 Å². The van der Waals surface area contributed by atoms with Crippen molar-refractivity contribution < 1.29 is 4.74 Å². The lowest BCUT2D eigenvalue weighted by Crippen LogP contribution is -2.30. The lowest BCUT2D eigenvalue weighted by Gasteiger charge is -2.22. The molecule has 1 aromatic carbocycles. The highest BCUT2D eigenvalue weighted by Gasteiger charge is 2.27. The van der Waals surface area contributed by atoms with E-state index >= 15 is 0 Å². The van der Waals surface area contributed by atoms with Crippen LogP contribution in [0.25, 0.3) is 10.9 Å². The average Bonchev–Trinajstić information content (AvgIpc) is 2.89. The molecule has 4 heteroatoms. The Morgan fingerprint density at radius 2 is 2.21 bits per heavy atom. The Morgan fingerprint density at radius 1 is 1.32 bits per heavy atom. The van der Waals surface area contributed by atoms with Crippen molar-refractivity contribution in [2.24, 2.45) is 0 Å². The van der Waals surface area contributed by atoms with Crippen molar-refractivity contribution in [2.45, 2.75) is 31.4 Å². The molecule has 2 unspecified atom stereocenters. The minimum absolute atomic E-state index is 0.281. The highest BCUT2D eigenvalue weighted by Crippen LogP contribution is 2.31. The summed E-state index contributed by atoms with van der Waals surface area (Å²) in [4.78, 5) is 4.31. The van der Waals surface area contributed by atoms with Gasteiger partial charge in [-0.05, 0) is 43.5 Å². The smallest absolute Gasteiger partial charge is 0.0772 e. The summed E-state index contributed by atoms with van der Waals surface area (Å²) in [5.41, 5.74) is 8.92. The Morgan fingerprint density at radius 3 is 3.05 bits per heavy atom. The lowest BCUT2D eigenvalue weighted by molar-refractivity contribution is 0.101. The molecule has 2 atom stereocenters. The summed E-state index contributed by atoms with van der Waals surface area (Å²) >= 11 is 0. The molecule has 3 N–H and O–H groups in total. The van der Waals surface area contributed by atoms with Crippen LogP contribution in [0.2, 0.25) is 0 Å². The number of benzene rings is 1. The van der Waals surface area contributed by atoms with E-state index in [4.69, 9.17) is 10.5 Å². The second kappa shape index (κ2) is 5.05. The molecule has 0 radical (unpaired) electrons. The van der Waals surface area contributed by atoms with Crippen LogP contribution in [-0.4, -0.2) is 24.2 Å². The highest BCUT2D eigenvalue weighted by atomic mass is 16.5. The van der Waals surface area contributed by atoms with E-state index in [2.05, 4.69) is 10.3 Å². The van der Waals surface area contributed by atoms with Crippen molar-refractivity contribution >= 4 is 22.3 Å². The molecule has 0 saturated heterocycles. The van der Waals surface area contributed by atoms with Gasteiger partial charge in [0.25, 0.3) is 0 Å². The van der Waals surface area contributed by atoms with Crippen molar-refractivity contribution in [1.29, 1.82) is 0 Å². The molecule has 1 aliphatic rings. The molecule has 19 heavy (non-hydrogen) atoms. The molecule has 100 valence electrons. The van der Waals surface area contributed by atoms with E-state index in [9.17, 15) is 0 Å². The standard InChI is InChI=1S/C15H19N3O/c1-19-14-6-2-5-12(14)18-13-8-7-11-10(15(13)16)4-3-9-17-11/h3-4,7-9,12,14,18H,2,5-6,16H2,1H3. The number of hydrogen-bond acceptors (Lipinski definition) is 4. The first-order valence-electron chi connectivity index (χ1n) is 6.72. The largest absolute Gasteiger partial charge is 0.397 e. The fourth-order valence-corrected chi connectivity index (χ4v) is 2.87. The number of anilines is 2. The van der Waals surface area contributed by atoms with Gasteiger partial charge >= 0.3 is 0 Å². The summed E-state index contributed by atoms with van der Waals surface area (Å²) in [6.07, 6.45) is 5.51. The van der Waals surface area contributed by atoms with Gasteiger partial charge in [0.15, 0.2) is 0 Å². The zero-order chi connectivity index (χ0) is 13.2. The van der Waals surface area contributed by atoms with Gasteiger partial charge in [-0.15, -0.1) is 0 Å². The molecule has 3 rings (SSSR count). The Labute approximate surface area is 113 Å². The van der Waals surface area contributed by atoms with Crippen LogP contribution in [0, 0.1) is 0 Å². The SMILES string of the molecule is COC1CCCC1Nc1ccc2ncccc2c1N. The number of hydrogen-bond donors (Lipinski definition) is 2. The summed E-state index contributed by atoms with van der Waals surface area (Å²) in [5, 5.41) is 4.52. The van der Waals surface area contributed by atoms with Crippen molar-refractivity contribution in [3.63, 3.8) is 0 Å². The van der Waals surface area contributed by atoms with E-state index in [-0.39, 0.29) is 6.10 Å². The minimum atomic E-state index is 0.281. The van der Waals surface area contributed by atoms with Crippen LogP contribution in [-0.2, 0) is 4.74 Å². The number of methoxy groups -OCH3 is 1. The van der Waals surface area contributed by atoms with Crippen LogP contribution in [0.4, 0.5) is 11.4 Å². The van der Waals surface area contributed by atoms with Gasteiger partial charge in [0.1, 0.15) is 0 Å². The van der Waals surface area contributed by atoms with E-state index in [0.29, 0.717) is 6.04 Å². The molecule has 0 bridgehead atoms. The van der Waals surface area contributed by atoms with E-state index in [1.54, 1.807) is 13.3 Å². The molecular weight excluding hydrogens is 238 g/mol. The van der Waals surface area contributed by atoms with E-state index in [0.717, 1.165) is 35.1 Å². The molecule has 1 aromatic heterocycles. The molecule has 1 heterocycles. The topological polar surface area (TPSA) is 60.2 Å².